The number of likely N-dealkylation sites (N-methyl/N-ethyl adjacent to an activating group) is 1. The number of hydrogen-bond acceptors (Lipinski definition) is 3. The van der Waals surface area contributed by atoms with Crippen LogP contribution < -0.4 is 16.0 Å². The molecule has 0 aromatic heterocycles. The molecule has 5 nitrogen and oxygen atoms in total. The first-order chi connectivity index (χ1) is 9.05. The Bertz CT molecular complexity index is 564. The normalized spacial score (nSPS) is 19.3. The quantitative estimate of drug-likeness (QED) is 0.846. The average Bonchev–Trinajstić information content (AvgIpc) is 3.14. The van der Waals surface area contributed by atoms with Crippen molar-refractivity contribution in [2.45, 2.75) is 19.3 Å². The van der Waals surface area contributed by atoms with Crippen LogP contribution in [0.4, 0.5) is 11.4 Å². The molecule has 1 saturated carbocycles. The van der Waals surface area contributed by atoms with Gasteiger partial charge < -0.3 is 16.0 Å². The molecule has 5 heteroatoms. The molecule has 3 N–H and O–H groups in total. The number of nitrogens with one attached hydrogen (secondary N) is 1. The molecule has 1 aliphatic heterocycles. The number of nitrogens with zero attached hydrogens (tertiary/aromatic N) is 1. The Morgan fingerprint density at radius 3 is 2.84 bits per heavy atom. The lowest BCUT2D eigenvalue weighted by molar-refractivity contribution is -0.120. The lowest BCUT2D eigenvalue weighted by Gasteiger charge is -2.14. The van der Waals surface area contributed by atoms with Gasteiger partial charge in [0.15, 0.2) is 0 Å². The minimum atomic E-state index is -0.356. The molecule has 1 heterocycles. The first-order valence-electron chi connectivity index (χ1n) is 6.47. The zero-order valence-corrected chi connectivity index (χ0v) is 10.9. The highest BCUT2D eigenvalue weighted by molar-refractivity contribution is 6.02. The highest BCUT2D eigenvalue weighted by atomic mass is 16.2. The molecule has 0 spiro atoms. The van der Waals surface area contributed by atoms with Crippen LogP contribution in [0.2, 0.25) is 0 Å². The fourth-order valence-electron chi connectivity index (χ4n) is 2.49. The summed E-state index contributed by atoms with van der Waals surface area (Å²) in [6, 6.07) is 5.58. The summed E-state index contributed by atoms with van der Waals surface area (Å²) in [5.41, 5.74) is 7.90. The molecular weight excluding hydrogens is 242 g/mol. The minimum absolute atomic E-state index is 0.00683. The van der Waals surface area contributed by atoms with Gasteiger partial charge in [0, 0.05) is 25.0 Å². The molecule has 1 fully saturated rings. The van der Waals surface area contributed by atoms with Gasteiger partial charge in [0.1, 0.15) is 0 Å². The van der Waals surface area contributed by atoms with E-state index in [1.54, 1.807) is 11.9 Å². The van der Waals surface area contributed by atoms with Crippen molar-refractivity contribution in [2.24, 2.45) is 11.1 Å². The molecule has 19 heavy (non-hydrogen) atoms. The molecule has 0 bridgehead atoms. The van der Waals surface area contributed by atoms with E-state index in [1.165, 1.54) is 0 Å². The number of fused-ring (bicyclic) bond motifs is 1. The first kappa shape index (κ1) is 12.2. The predicted molar refractivity (Wildman–Crippen MR) is 72.9 cm³/mol. The smallest absolute Gasteiger partial charge is 0.231 e. The molecule has 100 valence electrons. The van der Waals surface area contributed by atoms with Gasteiger partial charge in [-0.3, -0.25) is 9.59 Å². The molecule has 1 aromatic carbocycles. The molecule has 1 aliphatic carbocycles. The number of benzene rings is 1. The molecule has 0 saturated heterocycles. The third-order valence-corrected chi connectivity index (χ3v) is 4.14. The van der Waals surface area contributed by atoms with Crippen LogP contribution in [0.15, 0.2) is 18.2 Å². The van der Waals surface area contributed by atoms with Crippen LogP contribution in [0.5, 0.6) is 0 Å². The Balaban J connectivity index is 1.79. The number of hydrogen-bond donors (Lipinski definition) is 2. The Kier molecular flexibility index (Phi) is 2.60. The lowest BCUT2D eigenvalue weighted by Crippen LogP contribution is -2.30. The van der Waals surface area contributed by atoms with Crippen LogP contribution in [-0.2, 0) is 16.0 Å². The minimum Gasteiger partial charge on any atom is -0.329 e. The van der Waals surface area contributed by atoms with E-state index in [4.69, 9.17) is 5.73 Å². The van der Waals surface area contributed by atoms with Crippen molar-refractivity contribution in [2.75, 3.05) is 23.8 Å². The maximum atomic E-state index is 12.1. The highest BCUT2D eigenvalue weighted by Crippen LogP contribution is 2.45. The number of carbonyl (C=O) groups excluding carboxylic acids is 2. The summed E-state index contributed by atoms with van der Waals surface area (Å²) in [6.07, 6.45) is 2.13. The van der Waals surface area contributed by atoms with E-state index in [2.05, 4.69) is 5.32 Å². The molecule has 0 radical (unpaired) electrons. The maximum absolute atomic E-state index is 12.1. The van der Waals surface area contributed by atoms with Crippen LogP contribution in [-0.4, -0.2) is 25.4 Å². The van der Waals surface area contributed by atoms with E-state index >= 15 is 0 Å². The third kappa shape index (κ3) is 1.90. The van der Waals surface area contributed by atoms with Crippen LogP contribution in [0.25, 0.3) is 0 Å². The van der Waals surface area contributed by atoms with Crippen molar-refractivity contribution in [3.05, 3.63) is 23.8 Å². The van der Waals surface area contributed by atoms with E-state index in [0.29, 0.717) is 13.0 Å². The molecule has 3 rings (SSSR count). The summed E-state index contributed by atoms with van der Waals surface area (Å²) in [4.78, 5) is 25.3. The van der Waals surface area contributed by atoms with E-state index in [-0.39, 0.29) is 17.2 Å². The SMILES string of the molecule is CN1C(=O)Cc2cc(NC(=O)C3(CN)CC3)ccc21. The summed E-state index contributed by atoms with van der Waals surface area (Å²) in [6.45, 7) is 0.394. The zero-order chi connectivity index (χ0) is 13.6. The van der Waals surface area contributed by atoms with E-state index in [1.807, 2.05) is 18.2 Å². The largest absolute Gasteiger partial charge is 0.329 e. The van der Waals surface area contributed by atoms with Gasteiger partial charge >= 0.3 is 0 Å². The van der Waals surface area contributed by atoms with Crippen molar-refractivity contribution in [3.8, 4) is 0 Å². The van der Waals surface area contributed by atoms with Gasteiger partial charge in [0.25, 0.3) is 0 Å². The number of amides is 2. The first-order valence-corrected chi connectivity index (χ1v) is 6.47. The van der Waals surface area contributed by atoms with Crippen molar-refractivity contribution in [1.82, 2.24) is 0 Å². The maximum Gasteiger partial charge on any atom is 0.231 e. The summed E-state index contributed by atoms with van der Waals surface area (Å²) < 4.78 is 0. The van der Waals surface area contributed by atoms with Crippen LogP contribution >= 0.6 is 0 Å². The van der Waals surface area contributed by atoms with Crippen molar-refractivity contribution < 1.29 is 9.59 Å². The number of nitrogens with two attached hydrogens (primary N) is 1. The Morgan fingerprint density at radius 2 is 2.21 bits per heavy atom. The van der Waals surface area contributed by atoms with E-state index in [0.717, 1.165) is 29.8 Å². The summed E-state index contributed by atoms with van der Waals surface area (Å²) in [7, 11) is 1.76. The fraction of sp³-hybridized carbons (Fsp3) is 0.429. The summed E-state index contributed by atoms with van der Waals surface area (Å²) in [5.74, 6) is 0.0757. The van der Waals surface area contributed by atoms with Gasteiger partial charge in [-0.25, -0.2) is 0 Å². The second-order valence-electron chi connectivity index (χ2n) is 5.41. The van der Waals surface area contributed by atoms with Gasteiger partial charge in [-0.2, -0.15) is 0 Å². The average molecular weight is 259 g/mol. The van der Waals surface area contributed by atoms with Crippen LogP contribution in [0, 0.1) is 5.41 Å². The van der Waals surface area contributed by atoms with E-state index < -0.39 is 0 Å². The molecular formula is C14H17N3O2. The molecule has 0 atom stereocenters. The van der Waals surface area contributed by atoms with Crippen molar-refractivity contribution in [1.29, 1.82) is 0 Å². The summed E-state index contributed by atoms with van der Waals surface area (Å²) in [5, 5.41) is 2.91. The second kappa shape index (κ2) is 4.06. The Morgan fingerprint density at radius 1 is 1.47 bits per heavy atom. The van der Waals surface area contributed by atoms with Gasteiger partial charge in [-0.1, -0.05) is 0 Å². The Labute approximate surface area is 111 Å². The highest BCUT2D eigenvalue weighted by Gasteiger charge is 2.48. The predicted octanol–water partition coefficient (Wildman–Crippen LogP) is 0.883. The van der Waals surface area contributed by atoms with Crippen molar-refractivity contribution in [3.63, 3.8) is 0 Å². The van der Waals surface area contributed by atoms with Crippen LogP contribution in [0.3, 0.4) is 0 Å². The number of rotatable bonds is 3. The topological polar surface area (TPSA) is 75.4 Å². The number of anilines is 2. The zero-order valence-electron chi connectivity index (χ0n) is 10.9. The van der Waals surface area contributed by atoms with Crippen molar-refractivity contribution >= 4 is 23.2 Å². The summed E-state index contributed by atoms with van der Waals surface area (Å²) >= 11 is 0. The lowest BCUT2D eigenvalue weighted by atomic mass is 10.1. The van der Waals surface area contributed by atoms with Crippen LogP contribution in [0.1, 0.15) is 18.4 Å². The van der Waals surface area contributed by atoms with Gasteiger partial charge in [0.2, 0.25) is 11.8 Å². The molecule has 0 unspecified atom stereocenters. The number of carbonyl (C=O) groups is 2. The standard InChI is InChI=1S/C14H17N3O2/c1-17-11-3-2-10(6-9(11)7-12(17)18)16-13(19)14(8-15)4-5-14/h2-3,6H,4-5,7-8,15H2,1H3,(H,16,19). The monoisotopic (exact) mass is 259 g/mol. The Hall–Kier alpha value is -1.88. The third-order valence-electron chi connectivity index (χ3n) is 4.14. The molecule has 2 amide bonds. The van der Waals surface area contributed by atoms with Gasteiger partial charge in [0.05, 0.1) is 11.8 Å². The molecule has 1 aromatic rings. The molecule has 2 aliphatic rings. The van der Waals surface area contributed by atoms with Gasteiger partial charge in [-0.15, -0.1) is 0 Å². The second-order valence-corrected chi connectivity index (χ2v) is 5.41. The van der Waals surface area contributed by atoms with E-state index in [9.17, 15) is 9.59 Å². The van der Waals surface area contributed by atoms with Gasteiger partial charge in [-0.05, 0) is 36.6 Å². The fourth-order valence-corrected chi connectivity index (χ4v) is 2.49.